The lowest BCUT2D eigenvalue weighted by Crippen LogP contribution is -2.12. The van der Waals surface area contributed by atoms with E-state index in [9.17, 15) is 14.7 Å². The van der Waals surface area contributed by atoms with E-state index in [1.54, 1.807) is 43.5 Å². The summed E-state index contributed by atoms with van der Waals surface area (Å²) in [6.45, 7) is 3.46. The van der Waals surface area contributed by atoms with Gasteiger partial charge >= 0.3 is 5.97 Å². The zero-order chi connectivity index (χ0) is 13.3. The van der Waals surface area contributed by atoms with E-state index in [0.717, 1.165) is 0 Å². The van der Waals surface area contributed by atoms with Crippen molar-refractivity contribution in [3.05, 3.63) is 56.8 Å². The molecule has 0 unspecified atom stereocenters. The third-order valence-corrected chi connectivity index (χ3v) is 3.68. The smallest absolute Gasteiger partial charge is 0.336 e. The lowest BCUT2D eigenvalue weighted by Gasteiger charge is -2.10. The van der Waals surface area contributed by atoms with Gasteiger partial charge in [0.25, 0.3) is 0 Å². The first-order valence-electron chi connectivity index (χ1n) is 5.44. The number of rotatable bonds is 3. The third-order valence-electron chi connectivity index (χ3n) is 2.81. The molecule has 4 heteroatoms. The second kappa shape index (κ2) is 4.74. The van der Waals surface area contributed by atoms with Crippen molar-refractivity contribution >= 4 is 23.1 Å². The van der Waals surface area contributed by atoms with Crippen LogP contribution in [0.25, 0.3) is 0 Å². The number of ketones is 1. The first-order valence-corrected chi connectivity index (χ1v) is 6.32. The molecule has 0 atom stereocenters. The SMILES string of the molecule is Cc1ccc(C)c(C(=O)c2cccs2)c1C(=O)O. The maximum atomic E-state index is 12.4. The molecule has 0 radical (unpaired) electrons. The van der Waals surface area contributed by atoms with Crippen LogP contribution in [0.1, 0.15) is 36.7 Å². The van der Waals surface area contributed by atoms with Gasteiger partial charge in [-0.05, 0) is 36.4 Å². The first kappa shape index (κ1) is 12.5. The highest BCUT2D eigenvalue weighted by Gasteiger charge is 2.22. The minimum Gasteiger partial charge on any atom is -0.478 e. The van der Waals surface area contributed by atoms with E-state index >= 15 is 0 Å². The zero-order valence-electron chi connectivity index (χ0n) is 10.1. The first-order chi connectivity index (χ1) is 8.52. The second-order valence-corrected chi connectivity index (χ2v) is 5.01. The Morgan fingerprint density at radius 1 is 1.06 bits per heavy atom. The summed E-state index contributed by atoms with van der Waals surface area (Å²) in [5.74, 6) is -1.28. The Hall–Kier alpha value is -1.94. The van der Waals surface area contributed by atoms with Crippen LogP contribution in [0.2, 0.25) is 0 Å². The molecule has 0 bridgehead atoms. The van der Waals surface area contributed by atoms with Gasteiger partial charge in [0.15, 0.2) is 0 Å². The molecule has 2 aromatic rings. The Balaban J connectivity index is 2.67. The molecule has 92 valence electrons. The molecule has 2 rings (SSSR count). The predicted molar refractivity (Wildman–Crippen MR) is 70.6 cm³/mol. The molecule has 3 nitrogen and oxygen atoms in total. The van der Waals surface area contributed by atoms with Crippen LogP contribution in [0.15, 0.2) is 29.6 Å². The Bertz CT molecular complexity index is 612. The second-order valence-electron chi connectivity index (χ2n) is 4.06. The number of hydrogen-bond donors (Lipinski definition) is 1. The molecule has 0 saturated carbocycles. The van der Waals surface area contributed by atoms with Crippen LogP contribution in [-0.2, 0) is 0 Å². The summed E-state index contributed by atoms with van der Waals surface area (Å²) in [5.41, 5.74) is 1.70. The molecular weight excluding hydrogens is 248 g/mol. The van der Waals surface area contributed by atoms with Crippen LogP contribution in [-0.4, -0.2) is 16.9 Å². The summed E-state index contributed by atoms with van der Waals surface area (Å²) in [6, 6.07) is 7.00. The van der Waals surface area contributed by atoms with E-state index in [2.05, 4.69) is 0 Å². The number of aryl methyl sites for hydroxylation is 2. The van der Waals surface area contributed by atoms with E-state index in [1.165, 1.54) is 11.3 Å². The maximum Gasteiger partial charge on any atom is 0.336 e. The van der Waals surface area contributed by atoms with E-state index in [-0.39, 0.29) is 11.3 Å². The van der Waals surface area contributed by atoms with Crippen molar-refractivity contribution in [2.24, 2.45) is 0 Å². The number of hydrogen-bond acceptors (Lipinski definition) is 3. The van der Waals surface area contributed by atoms with Gasteiger partial charge in [-0.25, -0.2) is 4.79 Å². The van der Waals surface area contributed by atoms with Crippen LogP contribution in [0.5, 0.6) is 0 Å². The number of aromatic carboxylic acids is 1. The summed E-state index contributed by atoms with van der Waals surface area (Å²) < 4.78 is 0. The van der Waals surface area contributed by atoms with E-state index in [1.807, 2.05) is 0 Å². The van der Waals surface area contributed by atoms with Gasteiger partial charge in [0.1, 0.15) is 0 Å². The quantitative estimate of drug-likeness (QED) is 0.861. The van der Waals surface area contributed by atoms with Gasteiger partial charge in [0.05, 0.1) is 10.4 Å². The molecule has 0 spiro atoms. The lowest BCUT2D eigenvalue weighted by molar-refractivity contribution is 0.0692. The Morgan fingerprint density at radius 2 is 1.67 bits per heavy atom. The minimum absolute atomic E-state index is 0.105. The highest BCUT2D eigenvalue weighted by Crippen LogP contribution is 2.24. The predicted octanol–water partition coefficient (Wildman–Crippen LogP) is 3.29. The van der Waals surface area contributed by atoms with E-state index in [0.29, 0.717) is 21.6 Å². The summed E-state index contributed by atoms with van der Waals surface area (Å²) in [7, 11) is 0. The van der Waals surface area contributed by atoms with E-state index < -0.39 is 5.97 Å². The fourth-order valence-electron chi connectivity index (χ4n) is 1.91. The lowest BCUT2D eigenvalue weighted by atomic mass is 9.93. The average Bonchev–Trinajstić information content (AvgIpc) is 2.84. The minimum atomic E-state index is -1.06. The summed E-state index contributed by atoms with van der Waals surface area (Å²) in [4.78, 5) is 24.2. The van der Waals surface area contributed by atoms with Crippen LogP contribution < -0.4 is 0 Å². The van der Waals surface area contributed by atoms with E-state index in [4.69, 9.17) is 0 Å². The molecular formula is C14H12O3S. The standard InChI is InChI=1S/C14H12O3S/c1-8-5-6-9(2)12(14(16)17)11(8)13(15)10-4-3-7-18-10/h3-7H,1-2H3,(H,16,17). The van der Waals surface area contributed by atoms with Crippen molar-refractivity contribution < 1.29 is 14.7 Å². The monoisotopic (exact) mass is 260 g/mol. The number of benzene rings is 1. The molecule has 1 N–H and O–H groups in total. The Labute approximate surface area is 109 Å². The van der Waals surface area contributed by atoms with Crippen LogP contribution in [0.4, 0.5) is 0 Å². The van der Waals surface area contributed by atoms with Crippen LogP contribution >= 0.6 is 11.3 Å². The molecule has 1 aromatic carbocycles. The van der Waals surface area contributed by atoms with Crippen LogP contribution in [0, 0.1) is 13.8 Å². The Morgan fingerprint density at radius 3 is 2.17 bits per heavy atom. The Kier molecular flexibility index (Phi) is 3.30. The van der Waals surface area contributed by atoms with Gasteiger partial charge in [-0.3, -0.25) is 4.79 Å². The third kappa shape index (κ3) is 2.07. The molecule has 0 amide bonds. The van der Waals surface area contributed by atoms with Crippen LogP contribution in [0.3, 0.4) is 0 Å². The van der Waals surface area contributed by atoms with Gasteiger partial charge in [0, 0.05) is 5.56 Å². The topological polar surface area (TPSA) is 54.4 Å². The van der Waals surface area contributed by atoms with Crippen molar-refractivity contribution in [2.45, 2.75) is 13.8 Å². The molecule has 18 heavy (non-hydrogen) atoms. The van der Waals surface area contributed by atoms with Gasteiger partial charge in [-0.15, -0.1) is 11.3 Å². The number of carbonyl (C=O) groups is 2. The summed E-state index contributed by atoms with van der Waals surface area (Å²) >= 11 is 1.32. The fourth-order valence-corrected chi connectivity index (χ4v) is 2.58. The van der Waals surface area contributed by atoms with Crippen molar-refractivity contribution in [1.82, 2.24) is 0 Å². The normalized spacial score (nSPS) is 10.3. The zero-order valence-corrected chi connectivity index (χ0v) is 10.9. The van der Waals surface area contributed by atoms with Gasteiger partial charge in [0.2, 0.25) is 5.78 Å². The molecule has 0 saturated heterocycles. The molecule has 1 aromatic heterocycles. The number of carboxylic acids is 1. The summed E-state index contributed by atoms with van der Waals surface area (Å²) in [5, 5.41) is 11.1. The van der Waals surface area contributed by atoms with Gasteiger partial charge in [-0.1, -0.05) is 18.2 Å². The number of thiophene rings is 1. The van der Waals surface area contributed by atoms with Crippen molar-refractivity contribution in [1.29, 1.82) is 0 Å². The van der Waals surface area contributed by atoms with Crippen molar-refractivity contribution in [3.8, 4) is 0 Å². The fraction of sp³-hybridized carbons (Fsp3) is 0.143. The van der Waals surface area contributed by atoms with Gasteiger partial charge in [-0.2, -0.15) is 0 Å². The van der Waals surface area contributed by atoms with Crippen molar-refractivity contribution in [3.63, 3.8) is 0 Å². The molecule has 0 aliphatic rings. The highest BCUT2D eigenvalue weighted by molar-refractivity contribution is 7.12. The molecule has 0 aliphatic carbocycles. The summed E-state index contributed by atoms with van der Waals surface area (Å²) in [6.07, 6.45) is 0. The molecule has 1 heterocycles. The highest BCUT2D eigenvalue weighted by atomic mass is 32.1. The average molecular weight is 260 g/mol. The molecule has 0 fully saturated rings. The maximum absolute atomic E-state index is 12.4. The molecule has 0 aliphatic heterocycles. The number of carboxylic acid groups (broad SMARTS) is 1. The van der Waals surface area contributed by atoms with Gasteiger partial charge < -0.3 is 5.11 Å². The number of carbonyl (C=O) groups excluding carboxylic acids is 1. The van der Waals surface area contributed by atoms with Crippen molar-refractivity contribution in [2.75, 3.05) is 0 Å². The largest absolute Gasteiger partial charge is 0.478 e.